The van der Waals surface area contributed by atoms with Gasteiger partial charge in [0.05, 0.1) is 6.54 Å². The number of benzene rings is 1. The van der Waals surface area contributed by atoms with E-state index in [1.54, 1.807) is 7.05 Å². The maximum atomic E-state index is 11.5. The number of carbonyl (C=O) groups is 2. The molecule has 1 aromatic rings. The van der Waals surface area contributed by atoms with Gasteiger partial charge in [-0.25, -0.2) is 0 Å². The summed E-state index contributed by atoms with van der Waals surface area (Å²) in [5.74, 6) is -0.284. The van der Waals surface area contributed by atoms with Crippen LogP contribution in [0.2, 0.25) is 0 Å². The van der Waals surface area contributed by atoms with Gasteiger partial charge in [-0.2, -0.15) is 0 Å². The summed E-state index contributed by atoms with van der Waals surface area (Å²) >= 11 is 0. The molecule has 1 rings (SSSR count). The number of likely N-dealkylation sites (N-methyl/N-ethyl adjacent to an activating group) is 1. The van der Waals surface area contributed by atoms with Crippen molar-refractivity contribution in [3.63, 3.8) is 0 Å². The van der Waals surface area contributed by atoms with Gasteiger partial charge in [0.1, 0.15) is 0 Å². The van der Waals surface area contributed by atoms with Crippen molar-refractivity contribution in [1.82, 2.24) is 10.6 Å². The monoisotopic (exact) mass is 248 g/mol. The van der Waals surface area contributed by atoms with Crippen LogP contribution in [0.5, 0.6) is 0 Å². The molecule has 0 saturated heterocycles. The van der Waals surface area contributed by atoms with Gasteiger partial charge in [-0.05, 0) is 24.0 Å². The zero-order valence-corrected chi connectivity index (χ0v) is 11.0. The molecule has 0 aliphatic rings. The van der Waals surface area contributed by atoms with Gasteiger partial charge in [-0.15, -0.1) is 0 Å². The lowest BCUT2D eigenvalue weighted by molar-refractivity contribution is -0.125. The van der Waals surface area contributed by atoms with E-state index in [0.717, 1.165) is 12.0 Å². The van der Waals surface area contributed by atoms with Crippen molar-refractivity contribution in [2.75, 3.05) is 13.6 Å². The van der Waals surface area contributed by atoms with Gasteiger partial charge in [0.25, 0.3) is 0 Å². The molecule has 0 aromatic heterocycles. The third kappa shape index (κ3) is 4.99. The highest BCUT2D eigenvalue weighted by Gasteiger charge is 2.04. The highest BCUT2D eigenvalue weighted by molar-refractivity contribution is 5.84. The van der Waals surface area contributed by atoms with Crippen LogP contribution in [0.25, 0.3) is 0 Å². The van der Waals surface area contributed by atoms with E-state index in [-0.39, 0.29) is 18.4 Å². The van der Waals surface area contributed by atoms with Gasteiger partial charge >= 0.3 is 0 Å². The van der Waals surface area contributed by atoms with E-state index in [2.05, 4.69) is 29.7 Å². The average molecular weight is 248 g/mol. The van der Waals surface area contributed by atoms with Crippen LogP contribution in [0.3, 0.4) is 0 Å². The van der Waals surface area contributed by atoms with E-state index in [4.69, 9.17) is 0 Å². The SMILES string of the molecule is CCc1ccc(CCC(=O)NCC(=O)NC)cc1. The summed E-state index contributed by atoms with van der Waals surface area (Å²) in [6.07, 6.45) is 2.12. The van der Waals surface area contributed by atoms with Crippen LogP contribution < -0.4 is 10.6 Å². The van der Waals surface area contributed by atoms with Crippen molar-refractivity contribution in [2.45, 2.75) is 26.2 Å². The molecule has 2 amide bonds. The van der Waals surface area contributed by atoms with Crippen molar-refractivity contribution in [1.29, 1.82) is 0 Å². The topological polar surface area (TPSA) is 58.2 Å². The Kier molecular flexibility index (Phi) is 5.91. The molecule has 0 atom stereocenters. The first-order chi connectivity index (χ1) is 8.65. The number of nitrogens with one attached hydrogen (secondary N) is 2. The van der Waals surface area contributed by atoms with Crippen LogP contribution in [0.4, 0.5) is 0 Å². The minimum Gasteiger partial charge on any atom is -0.358 e. The number of carbonyl (C=O) groups excluding carboxylic acids is 2. The second-order valence-electron chi connectivity index (χ2n) is 4.12. The minimum absolute atomic E-state index is 0.0457. The van der Waals surface area contributed by atoms with Crippen molar-refractivity contribution in [3.8, 4) is 0 Å². The fourth-order valence-electron chi connectivity index (χ4n) is 1.56. The molecule has 0 radical (unpaired) electrons. The van der Waals surface area contributed by atoms with Gasteiger partial charge in [0.2, 0.25) is 11.8 Å². The maximum Gasteiger partial charge on any atom is 0.239 e. The molecule has 1 aromatic carbocycles. The lowest BCUT2D eigenvalue weighted by Crippen LogP contribution is -2.35. The summed E-state index contributed by atoms with van der Waals surface area (Å²) in [7, 11) is 1.55. The highest BCUT2D eigenvalue weighted by Crippen LogP contribution is 2.07. The Hall–Kier alpha value is -1.84. The molecule has 0 fully saturated rings. The second kappa shape index (κ2) is 7.48. The van der Waals surface area contributed by atoms with Crippen molar-refractivity contribution in [2.24, 2.45) is 0 Å². The summed E-state index contributed by atoms with van der Waals surface area (Å²) in [6, 6.07) is 8.26. The first kappa shape index (κ1) is 14.2. The molecule has 4 nitrogen and oxygen atoms in total. The zero-order valence-electron chi connectivity index (χ0n) is 11.0. The Morgan fingerprint density at radius 3 is 2.22 bits per heavy atom. The summed E-state index contributed by atoms with van der Waals surface area (Å²) in [6.45, 7) is 2.16. The molecule has 0 aliphatic carbocycles. The molecule has 0 bridgehead atoms. The predicted molar refractivity (Wildman–Crippen MR) is 71.2 cm³/mol. The van der Waals surface area contributed by atoms with E-state index in [9.17, 15) is 9.59 Å². The van der Waals surface area contributed by atoms with Crippen molar-refractivity contribution in [3.05, 3.63) is 35.4 Å². The lowest BCUT2D eigenvalue weighted by Gasteiger charge is -2.05. The molecule has 2 N–H and O–H groups in total. The normalized spacial score (nSPS) is 9.89. The maximum absolute atomic E-state index is 11.5. The van der Waals surface area contributed by atoms with E-state index in [1.807, 2.05) is 12.1 Å². The Balaban J connectivity index is 2.31. The Morgan fingerprint density at radius 1 is 1.06 bits per heavy atom. The molecule has 0 heterocycles. The number of aryl methyl sites for hydroxylation is 2. The summed E-state index contributed by atoms with van der Waals surface area (Å²) in [5, 5.41) is 5.03. The standard InChI is InChI=1S/C14H20N2O2/c1-3-11-4-6-12(7-5-11)8-9-13(17)16-10-14(18)15-2/h4-7H,3,8-10H2,1-2H3,(H,15,18)(H,16,17). The Bertz CT molecular complexity index is 399. The lowest BCUT2D eigenvalue weighted by atomic mass is 10.1. The molecule has 0 unspecified atom stereocenters. The van der Waals surface area contributed by atoms with E-state index in [1.165, 1.54) is 5.56 Å². The van der Waals surface area contributed by atoms with E-state index in [0.29, 0.717) is 12.8 Å². The quantitative estimate of drug-likeness (QED) is 0.790. The summed E-state index contributed by atoms with van der Waals surface area (Å²) < 4.78 is 0. The number of hydrogen-bond acceptors (Lipinski definition) is 2. The first-order valence-electron chi connectivity index (χ1n) is 6.20. The smallest absolute Gasteiger partial charge is 0.239 e. The zero-order chi connectivity index (χ0) is 13.4. The van der Waals surface area contributed by atoms with Crippen molar-refractivity contribution >= 4 is 11.8 Å². The average Bonchev–Trinajstić information content (AvgIpc) is 2.42. The minimum atomic E-state index is -0.185. The Morgan fingerprint density at radius 2 is 1.67 bits per heavy atom. The predicted octanol–water partition coefficient (Wildman–Crippen LogP) is 1.04. The second-order valence-corrected chi connectivity index (χ2v) is 4.12. The van der Waals surface area contributed by atoms with Gasteiger partial charge in [-0.3, -0.25) is 9.59 Å². The third-order valence-corrected chi connectivity index (χ3v) is 2.80. The van der Waals surface area contributed by atoms with Crippen LogP contribution >= 0.6 is 0 Å². The number of amides is 2. The molecule has 0 spiro atoms. The van der Waals surface area contributed by atoms with Gasteiger partial charge in [-0.1, -0.05) is 31.2 Å². The first-order valence-corrected chi connectivity index (χ1v) is 6.20. The van der Waals surface area contributed by atoms with Crippen LogP contribution in [-0.4, -0.2) is 25.4 Å². The molecule has 98 valence electrons. The van der Waals surface area contributed by atoms with Crippen LogP contribution in [0.15, 0.2) is 24.3 Å². The molecule has 0 saturated carbocycles. The van der Waals surface area contributed by atoms with E-state index < -0.39 is 0 Å². The van der Waals surface area contributed by atoms with Crippen LogP contribution in [0.1, 0.15) is 24.5 Å². The van der Waals surface area contributed by atoms with Gasteiger partial charge in [0, 0.05) is 13.5 Å². The fourth-order valence-corrected chi connectivity index (χ4v) is 1.56. The summed E-state index contributed by atoms with van der Waals surface area (Å²) in [5.41, 5.74) is 2.44. The van der Waals surface area contributed by atoms with Crippen LogP contribution in [-0.2, 0) is 22.4 Å². The fraction of sp³-hybridized carbons (Fsp3) is 0.429. The molecule has 0 aliphatic heterocycles. The van der Waals surface area contributed by atoms with Crippen LogP contribution in [0, 0.1) is 0 Å². The third-order valence-electron chi connectivity index (χ3n) is 2.80. The number of hydrogen-bond donors (Lipinski definition) is 2. The number of rotatable bonds is 6. The molecular weight excluding hydrogens is 228 g/mol. The van der Waals surface area contributed by atoms with Crippen molar-refractivity contribution < 1.29 is 9.59 Å². The van der Waals surface area contributed by atoms with Gasteiger partial charge in [0.15, 0.2) is 0 Å². The van der Waals surface area contributed by atoms with Gasteiger partial charge < -0.3 is 10.6 Å². The Labute approximate surface area is 108 Å². The summed E-state index contributed by atoms with van der Waals surface area (Å²) in [4.78, 5) is 22.4. The molecule has 4 heteroatoms. The molecular formula is C14H20N2O2. The van der Waals surface area contributed by atoms with E-state index >= 15 is 0 Å². The highest BCUT2D eigenvalue weighted by atomic mass is 16.2. The molecule has 18 heavy (non-hydrogen) atoms. The largest absolute Gasteiger partial charge is 0.358 e.